The predicted molar refractivity (Wildman–Crippen MR) is 99.7 cm³/mol. The van der Waals surface area contributed by atoms with E-state index in [0.717, 1.165) is 5.56 Å². The lowest BCUT2D eigenvalue weighted by molar-refractivity contribution is 0.0949. The molecule has 1 N–H and O–H groups in total. The van der Waals surface area contributed by atoms with Gasteiger partial charge < -0.3 is 4.74 Å². The molecule has 3 rings (SSSR count). The van der Waals surface area contributed by atoms with Crippen molar-refractivity contribution in [2.75, 3.05) is 7.11 Å². The molecule has 0 aliphatic heterocycles. The Morgan fingerprint density at radius 2 is 2.00 bits per heavy atom. The van der Waals surface area contributed by atoms with Crippen LogP contribution in [0.1, 0.15) is 23.0 Å². The molecule has 132 valence electrons. The maximum absolute atomic E-state index is 12.5. The van der Waals surface area contributed by atoms with Crippen LogP contribution < -0.4 is 15.7 Å². The number of fused-ring (bicyclic) bond motifs is 1. The van der Waals surface area contributed by atoms with Crippen LogP contribution in [0.3, 0.4) is 0 Å². The standard InChI is InChI=1S/C19H18N4O3/c1-3-23-19(25)16-10-5-4-9-15(16)17(22-23)18(24)21-20-12-13-7-6-8-14(11-13)26-2/h4-12H,3H2,1-2H3,(H,21,24)/b20-12-. The molecular formula is C19H18N4O3. The Morgan fingerprint density at radius 1 is 1.23 bits per heavy atom. The smallest absolute Gasteiger partial charge is 0.292 e. The molecule has 0 aliphatic rings. The van der Waals surface area contributed by atoms with Crippen LogP contribution in [0.15, 0.2) is 58.4 Å². The van der Waals surface area contributed by atoms with Gasteiger partial charge in [-0.3, -0.25) is 9.59 Å². The van der Waals surface area contributed by atoms with E-state index in [9.17, 15) is 9.59 Å². The average Bonchev–Trinajstić information content (AvgIpc) is 2.68. The number of ether oxygens (including phenoxy) is 1. The summed E-state index contributed by atoms with van der Waals surface area (Å²) < 4.78 is 6.41. The summed E-state index contributed by atoms with van der Waals surface area (Å²) in [5.74, 6) is 0.213. The number of carbonyl (C=O) groups is 1. The SMILES string of the molecule is CCn1nc(C(=O)N/N=C\c2cccc(OC)c2)c2ccccc2c1=O. The normalized spacial score (nSPS) is 11.0. The minimum absolute atomic E-state index is 0.157. The van der Waals surface area contributed by atoms with Crippen LogP contribution in [0.2, 0.25) is 0 Å². The summed E-state index contributed by atoms with van der Waals surface area (Å²) in [6.45, 7) is 2.17. The largest absolute Gasteiger partial charge is 0.497 e. The Labute approximate surface area is 149 Å². The fourth-order valence-electron chi connectivity index (χ4n) is 2.56. The van der Waals surface area contributed by atoms with E-state index < -0.39 is 5.91 Å². The van der Waals surface area contributed by atoms with Gasteiger partial charge >= 0.3 is 0 Å². The van der Waals surface area contributed by atoms with Crippen molar-refractivity contribution in [2.24, 2.45) is 5.10 Å². The van der Waals surface area contributed by atoms with Gasteiger partial charge in [0.15, 0.2) is 5.69 Å². The van der Waals surface area contributed by atoms with Crippen molar-refractivity contribution in [3.05, 3.63) is 70.1 Å². The Balaban J connectivity index is 1.89. The zero-order valence-corrected chi connectivity index (χ0v) is 14.5. The molecule has 1 heterocycles. The second-order valence-corrected chi connectivity index (χ2v) is 5.49. The number of benzene rings is 2. The van der Waals surface area contributed by atoms with E-state index in [2.05, 4.69) is 15.6 Å². The van der Waals surface area contributed by atoms with Crippen molar-refractivity contribution in [2.45, 2.75) is 13.5 Å². The third kappa shape index (κ3) is 3.46. The number of aromatic nitrogens is 2. The summed E-state index contributed by atoms with van der Waals surface area (Å²) in [5.41, 5.74) is 3.17. The van der Waals surface area contributed by atoms with Crippen molar-refractivity contribution >= 4 is 22.9 Å². The highest BCUT2D eigenvalue weighted by Gasteiger charge is 2.15. The van der Waals surface area contributed by atoms with Gasteiger partial charge in [-0.25, -0.2) is 10.1 Å². The van der Waals surface area contributed by atoms with Crippen molar-refractivity contribution < 1.29 is 9.53 Å². The topological polar surface area (TPSA) is 85.6 Å². The highest BCUT2D eigenvalue weighted by atomic mass is 16.5. The van der Waals surface area contributed by atoms with Gasteiger partial charge in [-0.15, -0.1) is 0 Å². The molecule has 26 heavy (non-hydrogen) atoms. The lowest BCUT2D eigenvalue weighted by Gasteiger charge is -2.08. The molecule has 0 saturated heterocycles. The number of rotatable bonds is 5. The lowest BCUT2D eigenvalue weighted by Crippen LogP contribution is -2.28. The van der Waals surface area contributed by atoms with Gasteiger partial charge in [-0.05, 0) is 30.7 Å². The second kappa shape index (κ2) is 7.60. The van der Waals surface area contributed by atoms with E-state index in [4.69, 9.17) is 4.74 Å². The van der Waals surface area contributed by atoms with Gasteiger partial charge in [0, 0.05) is 11.9 Å². The van der Waals surface area contributed by atoms with Gasteiger partial charge in [0.2, 0.25) is 0 Å². The number of aryl methyl sites for hydroxylation is 1. The molecule has 0 spiro atoms. The first kappa shape index (κ1) is 17.3. The zero-order chi connectivity index (χ0) is 18.5. The number of hydrogen-bond acceptors (Lipinski definition) is 5. The fourth-order valence-corrected chi connectivity index (χ4v) is 2.56. The molecule has 7 nitrogen and oxygen atoms in total. The van der Waals surface area contributed by atoms with Gasteiger partial charge in [0.25, 0.3) is 11.5 Å². The van der Waals surface area contributed by atoms with Crippen molar-refractivity contribution in [1.82, 2.24) is 15.2 Å². The minimum Gasteiger partial charge on any atom is -0.497 e. The highest BCUT2D eigenvalue weighted by molar-refractivity contribution is 6.04. The van der Waals surface area contributed by atoms with E-state index >= 15 is 0 Å². The van der Waals surface area contributed by atoms with Crippen molar-refractivity contribution in [1.29, 1.82) is 0 Å². The fraction of sp³-hybridized carbons (Fsp3) is 0.158. The van der Waals surface area contributed by atoms with Gasteiger partial charge in [-0.2, -0.15) is 10.2 Å². The molecule has 2 aromatic carbocycles. The molecule has 0 aliphatic carbocycles. The number of nitrogens with zero attached hydrogens (tertiary/aromatic N) is 3. The van der Waals surface area contributed by atoms with Crippen LogP contribution in [-0.2, 0) is 6.54 Å². The predicted octanol–water partition coefficient (Wildman–Crippen LogP) is 2.19. The Bertz CT molecular complexity index is 1040. The monoisotopic (exact) mass is 350 g/mol. The molecule has 7 heteroatoms. The van der Waals surface area contributed by atoms with Crippen molar-refractivity contribution in [3.8, 4) is 5.75 Å². The first-order chi connectivity index (χ1) is 12.6. The Kier molecular flexibility index (Phi) is 5.07. The molecular weight excluding hydrogens is 332 g/mol. The minimum atomic E-state index is -0.484. The molecule has 0 bridgehead atoms. The van der Waals surface area contributed by atoms with Gasteiger partial charge in [-0.1, -0.05) is 30.3 Å². The Hall–Kier alpha value is -3.48. The van der Waals surface area contributed by atoms with Crippen LogP contribution in [0.5, 0.6) is 5.75 Å². The van der Waals surface area contributed by atoms with E-state index in [0.29, 0.717) is 23.1 Å². The molecule has 0 fully saturated rings. The van der Waals surface area contributed by atoms with Crippen LogP contribution >= 0.6 is 0 Å². The number of carbonyl (C=O) groups excluding carboxylic acids is 1. The first-order valence-corrected chi connectivity index (χ1v) is 8.11. The first-order valence-electron chi connectivity index (χ1n) is 8.11. The summed E-state index contributed by atoms with van der Waals surface area (Å²) in [4.78, 5) is 24.8. The lowest BCUT2D eigenvalue weighted by atomic mass is 10.1. The van der Waals surface area contributed by atoms with Crippen LogP contribution in [-0.4, -0.2) is 29.0 Å². The quantitative estimate of drug-likeness (QED) is 0.564. The zero-order valence-electron chi connectivity index (χ0n) is 14.5. The summed E-state index contributed by atoms with van der Waals surface area (Å²) >= 11 is 0. The molecule has 0 saturated carbocycles. The van der Waals surface area contributed by atoms with Gasteiger partial charge in [0.1, 0.15) is 5.75 Å². The number of amides is 1. The van der Waals surface area contributed by atoms with Crippen LogP contribution in [0, 0.1) is 0 Å². The molecule has 1 aromatic heterocycles. The van der Waals surface area contributed by atoms with Crippen LogP contribution in [0.25, 0.3) is 10.8 Å². The molecule has 0 unspecified atom stereocenters. The second-order valence-electron chi connectivity index (χ2n) is 5.49. The summed E-state index contributed by atoms with van der Waals surface area (Å²) in [6.07, 6.45) is 1.51. The third-order valence-electron chi connectivity index (χ3n) is 3.86. The maximum atomic E-state index is 12.5. The van der Waals surface area contributed by atoms with E-state index in [1.54, 1.807) is 44.4 Å². The molecule has 0 atom stereocenters. The average molecular weight is 350 g/mol. The number of hydrazone groups is 1. The number of hydrogen-bond donors (Lipinski definition) is 1. The van der Waals surface area contributed by atoms with Crippen molar-refractivity contribution in [3.63, 3.8) is 0 Å². The van der Waals surface area contributed by atoms with E-state index in [1.165, 1.54) is 10.9 Å². The number of nitrogens with one attached hydrogen (secondary N) is 1. The molecule has 0 radical (unpaired) electrons. The summed E-state index contributed by atoms with van der Waals surface area (Å²) in [5, 5.41) is 9.09. The summed E-state index contributed by atoms with van der Waals surface area (Å²) in [6, 6.07) is 14.2. The molecule has 1 amide bonds. The number of methoxy groups -OCH3 is 1. The maximum Gasteiger partial charge on any atom is 0.292 e. The Morgan fingerprint density at radius 3 is 2.73 bits per heavy atom. The van der Waals surface area contributed by atoms with E-state index in [1.807, 2.05) is 18.2 Å². The van der Waals surface area contributed by atoms with Gasteiger partial charge in [0.05, 0.1) is 18.7 Å². The molecule has 3 aromatic rings. The highest BCUT2D eigenvalue weighted by Crippen LogP contribution is 2.13. The third-order valence-corrected chi connectivity index (χ3v) is 3.86. The van der Waals surface area contributed by atoms with Crippen LogP contribution in [0.4, 0.5) is 0 Å². The van der Waals surface area contributed by atoms with E-state index in [-0.39, 0.29) is 11.3 Å². The summed E-state index contributed by atoms with van der Waals surface area (Å²) in [7, 11) is 1.58.